The third-order valence-electron chi connectivity index (χ3n) is 5.37. The molecule has 7 nitrogen and oxygen atoms in total. The van der Waals surface area contributed by atoms with Crippen LogP contribution in [0.5, 0.6) is 23.1 Å². The first-order valence-electron chi connectivity index (χ1n) is 10.8. The molecule has 0 unspecified atom stereocenters. The topological polar surface area (TPSA) is 70.1 Å². The number of hydrogen-bond acceptors (Lipinski definition) is 6. The Hall–Kier alpha value is -3.55. The summed E-state index contributed by atoms with van der Waals surface area (Å²) in [7, 11) is 3.16. The van der Waals surface area contributed by atoms with Crippen molar-refractivity contribution in [2.45, 2.75) is 0 Å². The van der Waals surface area contributed by atoms with Gasteiger partial charge < -0.3 is 23.8 Å². The van der Waals surface area contributed by atoms with Gasteiger partial charge >= 0.3 is 0 Å². The van der Waals surface area contributed by atoms with Crippen LogP contribution in [0.2, 0.25) is 5.02 Å². The molecule has 0 radical (unpaired) electrons. The SMILES string of the molecule is COc1ccc(/C(=C\C(=O)N2CCOCC2)c2ccc(Oc3ccc(Cl)cc3)nc2)cc1OC. The van der Waals surface area contributed by atoms with Gasteiger partial charge in [-0.05, 0) is 53.6 Å². The lowest BCUT2D eigenvalue weighted by atomic mass is 9.98. The molecule has 8 heteroatoms. The molecule has 0 spiro atoms. The van der Waals surface area contributed by atoms with Crippen molar-refractivity contribution in [1.82, 2.24) is 9.88 Å². The van der Waals surface area contributed by atoms with Gasteiger partial charge in [0, 0.05) is 42.0 Å². The van der Waals surface area contributed by atoms with Crippen LogP contribution in [0, 0.1) is 0 Å². The fourth-order valence-electron chi connectivity index (χ4n) is 3.56. The minimum absolute atomic E-state index is 0.0884. The maximum absolute atomic E-state index is 13.1. The summed E-state index contributed by atoms with van der Waals surface area (Å²) in [6.07, 6.45) is 3.31. The molecule has 0 bridgehead atoms. The lowest BCUT2D eigenvalue weighted by Gasteiger charge is -2.26. The second kappa shape index (κ2) is 11.0. The van der Waals surface area contributed by atoms with E-state index < -0.39 is 0 Å². The second-order valence-corrected chi connectivity index (χ2v) is 7.94. The van der Waals surface area contributed by atoms with Gasteiger partial charge in [0.1, 0.15) is 5.75 Å². The average Bonchev–Trinajstić information content (AvgIpc) is 2.89. The summed E-state index contributed by atoms with van der Waals surface area (Å²) in [6.45, 7) is 2.18. The summed E-state index contributed by atoms with van der Waals surface area (Å²) < 4.78 is 22.0. The molecule has 2 aromatic carbocycles. The lowest BCUT2D eigenvalue weighted by Crippen LogP contribution is -2.39. The minimum Gasteiger partial charge on any atom is -0.493 e. The van der Waals surface area contributed by atoms with Crippen molar-refractivity contribution in [1.29, 1.82) is 0 Å². The van der Waals surface area contributed by atoms with Crippen LogP contribution in [-0.4, -0.2) is 56.3 Å². The predicted octanol–water partition coefficient (Wildman–Crippen LogP) is 4.84. The molecule has 1 amide bonds. The zero-order valence-corrected chi connectivity index (χ0v) is 19.7. The number of morpholine rings is 1. The van der Waals surface area contributed by atoms with Crippen LogP contribution in [0.1, 0.15) is 11.1 Å². The van der Waals surface area contributed by atoms with Gasteiger partial charge in [-0.1, -0.05) is 17.7 Å². The Morgan fingerprint density at radius 1 is 0.971 bits per heavy atom. The molecule has 1 fully saturated rings. The smallest absolute Gasteiger partial charge is 0.247 e. The third-order valence-corrected chi connectivity index (χ3v) is 5.62. The predicted molar refractivity (Wildman–Crippen MR) is 130 cm³/mol. The van der Waals surface area contributed by atoms with Crippen LogP contribution in [0.15, 0.2) is 66.9 Å². The number of nitrogens with zero attached hydrogens (tertiary/aromatic N) is 2. The third kappa shape index (κ3) is 5.68. The summed E-state index contributed by atoms with van der Waals surface area (Å²) in [5.41, 5.74) is 2.27. The monoisotopic (exact) mass is 480 g/mol. The van der Waals surface area contributed by atoms with Crippen molar-refractivity contribution in [2.75, 3.05) is 40.5 Å². The van der Waals surface area contributed by atoms with E-state index in [0.29, 0.717) is 60.0 Å². The van der Waals surface area contributed by atoms with E-state index in [1.807, 2.05) is 24.3 Å². The summed E-state index contributed by atoms with van der Waals surface area (Å²) in [5.74, 6) is 2.14. The first-order chi connectivity index (χ1) is 16.6. The van der Waals surface area contributed by atoms with Gasteiger partial charge in [0.05, 0.1) is 27.4 Å². The fourth-order valence-corrected chi connectivity index (χ4v) is 3.68. The first kappa shape index (κ1) is 23.6. The van der Waals surface area contributed by atoms with E-state index in [-0.39, 0.29) is 5.91 Å². The Labute approximate surface area is 203 Å². The number of halogens is 1. The molecule has 1 aliphatic heterocycles. The normalized spacial score (nSPS) is 14.0. The van der Waals surface area contributed by atoms with Gasteiger partial charge in [0.2, 0.25) is 11.8 Å². The number of ether oxygens (including phenoxy) is 4. The zero-order chi connectivity index (χ0) is 23.9. The highest BCUT2D eigenvalue weighted by Crippen LogP contribution is 2.33. The standard InChI is InChI=1S/C26H25ClN2O5/c1-31-23-9-3-18(15-24(23)32-2)22(16-26(30)29-11-13-33-14-12-29)19-4-10-25(28-17-19)34-21-7-5-20(27)6-8-21/h3-10,15-17H,11-14H2,1-2H3/b22-16+. The Balaban J connectivity index is 1.66. The molecular weight excluding hydrogens is 456 g/mol. The molecule has 34 heavy (non-hydrogen) atoms. The van der Waals surface area contributed by atoms with Crippen molar-refractivity contribution in [3.05, 3.63) is 83.0 Å². The van der Waals surface area contributed by atoms with E-state index in [0.717, 1.165) is 11.1 Å². The second-order valence-electron chi connectivity index (χ2n) is 7.51. The number of benzene rings is 2. The van der Waals surface area contributed by atoms with Crippen LogP contribution in [0.25, 0.3) is 5.57 Å². The van der Waals surface area contributed by atoms with Gasteiger partial charge in [-0.3, -0.25) is 4.79 Å². The Morgan fingerprint density at radius 2 is 1.68 bits per heavy atom. The van der Waals surface area contributed by atoms with E-state index in [1.165, 1.54) is 0 Å². The van der Waals surface area contributed by atoms with Gasteiger partial charge in [0.25, 0.3) is 0 Å². The molecule has 2 heterocycles. The summed E-state index contributed by atoms with van der Waals surface area (Å²) in [6, 6.07) is 16.2. The van der Waals surface area contributed by atoms with Crippen molar-refractivity contribution >= 4 is 23.1 Å². The number of methoxy groups -OCH3 is 2. The molecule has 0 saturated carbocycles. The molecule has 0 N–H and O–H groups in total. The highest BCUT2D eigenvalue weighted by Gasteiger charge is 2.18. The Bertz CT molecular complexity index is 1160. The number of carbonyl (C=O) groups excluding carboxylic acids is 1. The van der Waals surface area contributed by atoms with Crippen LogP contribution >= 0.6 is 11.6 Å². The molecule has 1 saturated heterocycles. The van der Waals surface area contributed by atoms with E-state index in [9.17, 15) is 4.79 Å². The van der Waals surface area contributed by atoms with E-state index in [4.69, 9.17) is 30.5 Å². The van der Waals surface area contributed by atoms with E-state index in [1.54, 1.807) is 61.7 Å². The number of amides is 1. The van der Waals surface area contributed by atoms with Gasteiger partial charge in [-0.2, -0.15) is 0 Å². The highest BCUT2D eigenvalue weighted by atomic mass is 35.5. The molecule has 176 valence electrons. The largest absolute Gasteiger partial charge is 0.493 e. The number of rotatable bonds is 7. The van der Waals surface area contributed by atoms with Crippen LogP contribution in [0.3, 0.4) is 0 Å². The zero-order valence-electron chi connectivity index (χ0n) is 19.0. The molecule has 4 rings (SSSR count). The van der Waals surface area contributed by atoms with Crippen molar-refractivity contribution in [2.24, 2.45) is 0 Å². The maximum Gasteiger partial charge on any atom is 0.247 e. The van der Waals surface area contributed by atoms with E-state index >= 15 is 0 Å². The van der Waals surface area contributed by atoms with Crippen LogP contribution in [0.4, 0.5) is 0 Å². The Kier molecular flexibility index (Phi) is 7.67. The van der Waals surface area contributed by atoms with Crippen molar-refractivity contribution < 1.29 is 23.7 Å². The molecule has 1 aliphatic rings. The lowest BCUT2D eigenvalue weighted by molar-refractivity contribution is -0.129. The number of aromatic nitrogens is 1. The number of carbonyl (C=O) groups is 1. The minimum atomic E-state index is -0.0884. The molecule has 1 aromatic heterocycles. The number of pyridine rings is 1. The quantitative estimate of drug-likeness (QED) is 0.451. The fraction of sp³-hybridized carbons (Fsp3) is 0.231. The highest BCUT2D eigenvalue weighted by molar-refractivity contribution is 6.30. The van der Waals surface area contributed by atoms with Gasteiger partial charge in [0.15, 0.2) is 11.5 Å². The molecular formula is C26H25ClN2O5. The summed E-state index contributed by atoms with van der Waals surface area (Å²) in [4.78, 5) is 19.3. The number of hydrogen-bond donors (Lipinski definition) is 0. The van der Waals surface area contributed by atoms with Crippen molar-refractivity contribution in [3.63, 3.8) is 0 Å². The van der Waals surface area contributed by atoms with Crippen molar-refractivity contribution in [3.8, 4) is 23.1 Å². The average molecular weight is 481 g/mol. The van der Waals surface area contributed by atoms with E-state index in [2.05, 4.69) is 4.98 Å². The van der Waals surface area contributed by atoms with Crippen LogP contribution < -0.4 is 14.2 Å². The molecule has 0 atom stereocenters. The first-order valence-corrected chi connectivity index (χ1v) is 11.2. The summed E-state index contributed by atoms with van der Waals surface area (Å²) >= 11 is 5.93. The Morgan fingerprint density at radius 3 is 2.32 bits per heavy atom. The van der Waals surface area contributed by atoms with Gasteiger partial charge in [-0.15, -0.1) is 0 Å². The van der Waals surface area contributed by atoms with Crippen LogP contribution in [-0.2, 0) is 9.53 Å². The molecule has 3 aromatic rings. The van der Waals surface area contributed by atoms with Gasteiger partial charge in [-0.25, -0.2) is 4.98 Å². The molecule has 0 aliphatic carbocycles. The maximum atomic E-state index is 13.1. The summed E-state index contributed by atoms with van der Waals surface area (Å²) in [5, 5.41) is 0.630.